The first kappa shape index (κ1) is 15.2. The van der Waals surface area contributed by atoms with E-state index in [9.17, 15) is 0 Å². The summed E-state index contributed by atoms with van der Waals surface area (Å²) in [5.74, 6) is 0.908. The van der Waals surface area contributed by atoms with Crippen LogP contribution in [0.4, 0.5) is 0 Å². The highest BCUT2D eigenvalue weighted by molar-refractivity contribution is 4.85. The van der Waals surface area contributed by atoms with Crippen LogP contribution in [-0.4, -0.2) is 64.1 Å². The third-order valence-electron chi connectivity index (χ3n) is 4.49. The van der Waals surface area contributed by atoms with Gasteiger partial charge in [-0.2, -0.15) is 0 Å². The summed E-state index contributed by atoms with van der Waals surface area (Å²) in [5, 5.41) is 3.73. The molecule has 0 aromatic heterocycles. The van der Waals surface area contributed by atoms with Gasteiger partial charge in [0.05, 0.1) is 19.8 Å². The lowest BCUT2D eigenvalue weighted by molar-refractivity contribution is 0.0484. The normalized spacial score (nSPS) is 26.7. The average molecular weight is 270 g/mol. The number of nitrogens with zero attached hydrogens (tertiary/aromatic N) is 1. The number of hydrogen-bond acceptors (Lipinski definition) is 4. The summed E-state index contributed by atoms with van der Waals surface area (Å²) in [6.07, 6.45) is 7.16. The lowest BCUT2D eigenvalue weighted by Gasteiger charge is -2.39. The molecular weight excluding hydrogens is 240 g/mol. The highest BCUT2D eigenvalue weighted by Crippen LogP contribution is 2.27. The van der Waals surface area contributed by atoms with Crippen molar-refractivity contribution in [3.05, 3.63) is 0 Å². The predicted octanol–water partition coefficient (Wildman–Crippen LogP) is 1.50. The van der Waals surface area contributed by atoms with Gasteiger partial charge in [0.2, 0.25) is 0 Å². The highest BCUT2D eigenvalue weighted by atomic mass is 16.5. The van der Waals surface area contributed by atoms with Crippen LogP contribution in [-0.2, 0) is 9.47 Å². The Balaban J connectivity index is 1.62. The number of methoxy groups -OCH3 is 1. The molecule has 4 heteroatoms. The van der Waals surface area contributed by atoms with Crippen molar-refractivity contribution in [1.29, 1.82) is 0 Å². The Morgan fingerprint density at radius 3 is 2.74 bits per heavy atom. The summed E-state index contributed by atoms with van der Waals surface area (Å²) in [6, 6.07) is 0.716. The Hall–Kier alpha value is -0.160. The number of piperazine rings is 1. The zero-order valence-electron chi connectivity index (χ0n) is 12.4. The molecule has 0 spiro atoms. The summed E-state index contributed by atoms with van der Waals surface area (Å²) in [5.41, 5.74) is 0. The molecule has 1 saturated carbocycles. The van der Waals surface area contributed by atoms with Gasteiger partial charge < -0.3 is 14.8 Å². The van der Waals surface area contributed by atoms with Gasteiger partial charge in [-0.1, -0.05) is 19.3 Å². The van der Waals surface area contributed by atoms with Gasteiger partial charge in [0.25, 0.3) is 0 Å². The van der Waals surface area contributed by atoms with Gasteiger partial charge in [-0.05, 0) is 18.8 Å². The summed E-state index contributed by atoms with van der Waals surface area (Å²) in [7, 11) is 1.72. The minimum Gasteiger partial charge on any atom is -0.382 e. The quantitative estimate of drug-likeness (QED) is 0.711. The van der Waals surface area contributed by atoms with Crippen molar-refractivity contribution < 1.29 is 9.47 Å². The van der Waals surface area contributed by atoms with E-state index in [4.69, 9.17) is 9.47 Å². The number of rotatable bonds is 7. The minimum atomic E-state index is 0.701. The Kier molecular flexibility index (Phi) is 7.14. The van der Waals surface area contributed by atoms with Gasteiger partial charge >= 0.3 is 0 Å². The molecule has 2 aliphatic rings. The van der Waals surface area contributed by atoms with Crippen LogP contribution >= 0.6 is 0 Å². The van der Waals surface area contributed by atoms with Crippen LogP contribution in [0.3, 0.4) is 0 Å². The molecule has 1 N–H and O–H groups in total. The van der Waals surface area contributed by atoms with Gasteiger partial charge in [-0.25, -0.2) is 0 Å². The van der Waals surface area contributed by atoms with E-state index < -0.39 is 0 Å². The van der Waals surface area contributed by atoms with Crippen molar-refractivity contribution >= 4 is 0 Å². The third kappa shape index (κ3) is 5.38. The molecule has 4 nitrogen and oxygen atoms in total. The van der Waals surface area contributed by atoms with E-state index in [1.165, 1.54) is 38.6 Å². The first-order chi connectivity index (χ1) is 9.40. The molecule has 1 saturated heterocycles. The second-order valence-corrected chi connectivity index (χ2v) is 5.86. The fourth-order valence-electron chi connectivity index (χ4n) is 3.34. The molecule has 0 radical (unpaired) electrons. The van der Waals surface area contributed by atoms with E-state index in [1.807, 2.05) is 0 Å². The molecule has 0 amide bonds. The zero-order chi connectivity index (χ0) is 13.3. The van der Waals surface area contributed by atoms with Crippen LogP contribution in [0.5, 0.6) is 0 Å². The molecule has 0 bridgehead atoms. The fraction of sp³-hybridized carbons (Fsp3) is 1.00. The van der Waals surface area contributed by atoms with Crippen LogP contribution in [0.1, 0.15) is 32.1 Å². The summed E-state index contributed by atoms with van der Waals surface area (Å²) in [6.45, 7) is 6.82. The smallest absolute Gasteiger partial charge is 0.0700 e. The molecule has 0 aromatic carbocycles. The molecular formula is C15H30N2O2. The maximum absolute atomic E-state index is 5.57. The average Bonchev–Trinajstić information content (AvgIpc) is 2.48. The number of hydrogen-bond donors (Lipinski definition) is 1. The predicted molar refractivity (Wildman–Crippen MR) is 77.5 cm³/mol. The summed E-state index contributed by atoms with van der Waals surface area (Å²) in [4.78, 5) is 2.56. The van der Waals surface area contributed by atoms with Crippen molar-refractivity contribution in [2.75, 3.05) is 53.1 Å². The molecule has 1 atom stereocenters. The van der Waals surface area contributed by atoms with Gasteiger partial charge in [0, 0.05) is 39.3 Å². The van der Waals surface area contributed by atoms with Gasteiger partial charge in [-0.3, -0.25) is 4.90 Å². The van der Waals surface area contributed by atoms with E-state index >= 15 is 0 Å². The Bertz CT molecular complexity index is 232. The van der Waals surface area contributed by atoms with Crippen LogP contribution < -0.4 is 5.32 Å². The fourth-order valence-corrected chi connectivity index (χ4v) is 3.34. The van der Waals surface area contributed by atoms with Crippen LogP contribution in [0.15, 0.2) is 0 Å². The van der Waals surface area contributed by atoms with Crippen LogP contribution in [0, 0.1) is 5.92 Å². The monoisotopic (exact) mass is 270 g/mol. The Labute approximate surface area is 117 Å². The van der Waals surface area contributed by atoms with Gasteiger partial charge in [0.1, 0.15) is 0 Å². The van der Waals surface area contributed by atoms with Crippen LogP contribution in [0.2, 0.25) is 0 Å². The van der Waals surface area contributed by atoms with Crippen LogP contribution in [0.25, 0.3) is 0 Å². The Morgan fingerprint density at radius 1 is 1.11 bits per heavy atom. The standard InChI is InChI=1S/C15H30N2O2/c1-18-11-12-19-10-9-17-8-7-16-15(13-17)14-5-3-2-4-6-14/h14-16H,2-13H2,1H3. The van der Waals surface area contributed by atoms with Crippen molar-refractivity contribution in [2.45, 2.75) is 38.1 Å². The second-order valence-electron chi connectivity index (χ2n) is 5.86. The zero-order valence-corrected chi connectivity index (χ0v) is 12.4. The molecule has 112 valence electrons. The molecule has 1 aliphatic carbocycles. The molecule has 2 fully saturated rings. The van der Waals surface area contributed by atoms with Crippen molar-refractivity contribution in [1.82, 2.24) is 10.2 Å². The number of ether oxygens (including phenoxy) is 2. The first-order valence-corrected chi connectivity index (χ1v) is 7.92. The maximum atomic E-state index is 5.57. The molecule has 2 rings (SSSR count). The van der Waals surface area contributed by atoms with Crippen molar-refractivity contribution in [2.24, 2.45) is 5.92 Å². The minimum absolute atomic E-state index is 0.701. The molecule has 19 heavy (non-hydrogen) atoms. The molecule has 0 aromatic rings. The molecule has 1 unspecified atom stereocenters. The number of nitrogens with one attached hydrogen (secondary N) is 1. The lowest BCUT2D eigenvalue weighted by Crippen LogP contribution is -2.54. The topological polar surface area (TPSA) is 33.7 Å². The van der Waals surface area contributed by atoms with Gasteiger partial charge in [-0.15, -0.1) is 0 Å². The van der Waals surface area contributed by atoms with E-state index in [-0.39, 0.29) is 0 Å². The summed E-state index contributed by atoms with van der Waals surface area (Å²) >= 11 is 0. The van der Waals surface area contributed by atoms with E-state index in [2.05, 4.69) is 10.2 Å². The second kappa shape index (κ2) is 8.90. The van der Waals surface area contributed by atoms with Gasteiger partial charge in [0.15, 0.2) is 0 Å². The Morgan fingerprint density at radius 2 is 1.95 bits per heavy atom. The van der Waals surface area contributed by atoms with E-state index in [0.717, 1.165) is 32.2 Å². The van der Waals surface area contributed by atoms with Crippen molar-refractivity contribution in [3.63, 3.8) is 0 Å². The van der Waals surface area contributed by atoms with Crippen molar-refractivity contribution in [3.8, 4) is 0 Å². The van der Waals surface area contributed by atoms with E-state index in [0.29, 0.717) is 19.3 Å². The lowest BCUT2D eigenvalue weighted by atomic mass is 9.83. The largest absolute Gasteiger partial charge is 0.382 e. The molecule has 1 aliphatic heterocycles. The highest BCUT2D eigenvalue weighted by Gasteiger charge is 2.27. The summed E-state index contributed by atoms with van der Waals surface area (Å²) < 4.78 is 10.6. The van der Waals surface area contributed by atoms with E-state index in [1.54, 1.807) is 7.11 Å². The maximum Gasteiger partial charge on any atom is 0.0700 e. The molecule has 1 heterocycles. The third-order valence-corrected chi connectivity index (χ3v) is 4.49. The SMILES string of the molecule is COCCOCCN1CCNC(C2CCCCC2)C1. The first-order valence-electron chi connectivity index (χ1n) is 7.92.